The van der Waals surface area contributed by atoms with Crippen molar-refractivity contribution in [3.8, 4) is 11.8 Å². The minimum absolute atomic E-state index is 0.873. The molecule has 0 bridgehead atoms. The number of nitrogens with zero attached hydrogens (tertiary/aromatic N) is 1. The maximum atomic E-state index is 4.21. The van der Waals surface area contributed by atoms with Crippen molar-refractivity contribution in [1.29, 1.82) is 0 Å². The van der Waals surface area contributed by atoms with E-state index in [9.17, 15) is 0 Å². The number of rotatable bonds is 0. The molecule has 1 aromatic carbocycles. The minimum Gasteiger partial charge on any atom is -0.248 e. The smallest absolute Gasteiger partial charge is 0.109 e. The average Bonchev–Trinajstić information content (AvgIpc) is 2.32. The van der Waals surface area contributed by atoms with Crippen LogP contribution in [0.3, 0.4) is 0 Å². The molecule has 0 aliphatic heterocycles. The predicted octanol–water partition coefficient (Wildman–Crippen LogP) is 3.55. The average molecular weight is 272 g/mol. The molecule has 1 heterocycles. The van der Waals surface area contributed by atoms with Crippen molar-refractivity contribution < 1.29 is 0 Å². The van der Waals surface area contributed by atoms with Gasteiger partial charge in [0.1, 0.15) is 4.60 Å². The zero-order chi connectivity index (χ0) is 11.4. The summed E-state index contributed by atoms with van der Waals surface area (Å²) < 4.78 is 0.873. The van der Waals surface area contributed by atoms with Gasteiger partial charge in [-0.25, -0.2) is 4.98 Å². The first kappa shape index (κ1) is 10.9. The third-order valence-corrected chi connectivity index (χ3v) is 2.97. The van der Waals surface area contributed by atoms with E-state index in [4.69, 9.17) is 0 Å². The minimum atomic E-state index is 0.873. The third kappa shape index (κ3) is 2.71. The molecular formula is C14H10BrN. The first-order valence-corrected chi connectivity index (χ1v) is 5.74. The Hall–Kier alpha value is -1.59. The monoisotopic (exact) mass is 271 g/mol. The van der Waals surface area contributed by atoms with Crippen LogP contribution in [-0.4, -0.2) is 4.98 Å². The van der Waals surface area contributed by atoms with Crippen molar-refractivity contribution in [3.63, 3.8) is 0 Å². The second kappa shape index (κ2) is 4.96. The normalized spacial score (nSPS) is 9.38. The summed E-state index contributed by atoms with van der Waals surface area (Å²) in [4.78, 5) is 4.21. The molecule has 0 aliphatic carbocycles. The maximum Gasteiger partial charge on any atom is 0.109 e. The van der Waals surface area contributed by atoms with Crippen LogP contribution in [0.25, 0.3) is 0 Å². The molecule has 0 atom stereocenters. The lowest BCUT2D eigenvalue weighted by molar-refractivity contribution is 1.21. The highest BCUT2D eigenvalue weighted by Gasteiger charge is 1.95. The van der Waals surface area contributed by atoms with Crippen LogP contribution in [0.5, 0.6) is 0 Å². The molecular weight excluding hydrogens is 262 g/mol. The molecule has 0 saturated heterocycles. The Morgan fingerprint density at radius 1 is 1.06 bits per heavy atom. The standard InChI is InChI=1S/C14H10BrN/c1-11-9-13(10-16-14(11)15)8-7-12-5-3-2-4-6-12/h2-6,9-10H,1H3. The summed E-state index contributed by atoms with van der Waals surface area (Å²) >= 11 is 3.37. The Labute approximate surface area is 104 Å². The molecule has 1 nitrogen and oxygen atoms in total. The number of pyridine rings is 1. The first-order valence-electron chi connectivity index (χ1n) is 4.95. The van der Waals surface area contributed by atoms with Crippen LogP contribution in [0.1, 0.15) is 16.7 Å². The lowest BCUT2D eigenvalue weighted by Crippen LogP contribution is -1.84. The van der Waals surface area contributed by atoms with Crippen LogP contribution < -0.4 is 0 Å². The van der Waals surface area contributed by atoms with Crippen molar-refractivity contribution in [2.24, 2.45) is 0 Å². The molecule has 0 aliphatic rings. The molecule has 2 aromatic rings. The Balaban J connectivity index is 2.28. The number of benzene rings is 1. The lowest BCUT2D eigenvalue weighted by atomic mass is 10.2. The molecule has 0 saturated carbocycles. The summed E-state index contributed by atoms with van der Waals surface area (Å²) in [5, 5.41) is 0. The Kier molecular flexibility index (Phi) is 3.38. The van der Waals surface area contributed by atoms with Gasteiger partial charge in [0.05, 0.1) is 0 Å². The highest BCUT2D eigenvalue weighted by atomic mass is 79.9. The van der Waals surface area contributed by atoms with Gasteiger partial charge in [-0.15, -0.1) is 0 Å². The molecule has 16 heavy (non-hydrogen) atoms. The van der Waals surface area contributed by atoms with E-state index in [2.05, 4.69) is 32.8 Å². The van der Waals surface area contributed by atoms with E-state index in [0.717, 1.165) is 21.3 Å². The number of aromatic nitrogens is 1. The van der Waals surface area contributed by atoms with Crippen molar-refractivity contribution in [1.82, 2.24) is 4.98 Å². The zero-order valence-corrected chi connectivity index (χ0v) is 10.5. The molecule has 0 amide bonds. The highest BCUT2D eigenvalue weighted by molar-refractivity contribution is 9.10. The van der Waals surface area contributed by atoms with E-state index in [1.165, 1.54) is 0 Å². The molecule has 2 rings (SSSR count). The summed E-state index contributed by atoms with van der Waals surface area (Å²) in [5.74, 6) is 6.20. The summed E-state index contributed by atoms with van der Waals surface area (Å²) in [6.07, 6.45) is 1.77. The van der Waals surface area contributed by atoms with Crippen LogP contribution in [0.15, 0.2) is 47.2 Å². The van der Waals surface area contributed by atoms with E-state index >= 15 is 0 Å². The highest BCUT2D eigenvalue weighted by Crippen LogP contribution is 2.12. The van der Waals surface area contributed by atoms with Gasteiger partial charge in [-0.05, 0) is 46.6 Å². The fourth-order valence-electron chi connectivity index (χ4n) is 1.29. The van der Waals surface area contributed by atoms with Gasteiger partial charge in [0, 0.05) is 17.3 Å². The molecule has 0 unspecified atom stereocenters. The predicted molar refractivity (Wildman–Crippen MR) is 69.1 cm³/mol. The van der Waals surface area contributed by atoms with Gasteiger partial charge in [0.25, 0.3) is 0 Å². The maximum absolute atomic E-state index is 4.21. The van der Waals surface area contributed by atoms with E-state index in [1.54, 1.807) is 6.20 Å². The molecule has 0 spiro atoms. The number of halogens is 1. The molecule has 1 aromatic heterocycles. The zero-order valence-electron chi connectivity index (χ0n) is 8.87. The largest absolute Gasteiger partial charge is 0.248 e. The SMILES string of the molecule is Cc1cc(C#Cc2ccccc2)cnc1Br. The first-order chi connectivity index (χ1) is 7.75. The quantitative estimate of drug-likeness (QED) is 0.528. The van der Waals surface area contributed by atoms with Crippen LogP contribution in [0.4, 0.5) is 0 Å². The molecule has 2 heteroatoms. The van der Waals surface area contributed by atoms with Crippen molar-refractivity contribution in [2.45, 2.75) is 6.92 Å². The number of aryl methyl sites for hydroxylation is 1. The second-order valence-corrected chi connectivity index (χ2v) is 4.20. The Bertz CT molecular complexity index is 550. The van der Waals surface area contributed by atoms with Gasteiger partial charge in [-0.2, -0.15) is 0 Å². The van der Waals surface area contributed by atoms with E-state index in [0.29, 0.717) is 0 Å². The fourth-order valence-corrected chi connectivity index (χ4v) is 1.51. The number of hydrogen-bond acceptors (Lipinski definition) is 1. The van der Waals surface area contributed by atoms with Gasteiger partial charge < -0.3 is 0 Å². The van der Waals surface area contributed by atoms with Crippen molar-refractivity contribution in [3.05, 3.63) is 63.9 Å². The van der Waals surface area contributed by atoms with Crippen LogP contribution >= 0.6 is 15.9 Å². The summed E-state index contributed by atoms with van der Waals surface area (Å²) in [5.41, 5.74) is 3.05. The summed E-state index contributed by atoms with van der Waals surface area (Å²) in [6.45, 7) is 2.00. The second-order valence-electron chi connectivity index (χ2n) is 3.45. The van der Waals surface area contributed by atoms with E-state index < -0.39 is 0 Å². The Morgan fingerprint density at radius 3 is 2.44 bits per heavy atom. The van der Waals surface area contributed by atoms with E-state index in [-0.39, 0.29) is 0 Å². The number of hydrogen-bond donors (Lipinski definition) is 0. The Morgan fingerprint density at radius 2 is 1.75 bits per heavy atom. The lowest BCUT2D eigenvalue weighted by Gasteiger charge is -1.96. The van der Waals surface area contributed by atoms with E-state index in [1.807, 2.05) is 43.3 Å². The van der Waals surface area contributed by atoms with Gasteiger partial charge in [-0.1, -0.05) is 30.0 Å². The summed E-state index contributed by atoms with van der Waals surface area (Å²) in [7, 11) is 0. The molecule has 78 valence electrons. The van der Waals surface area contributed by atoms with Crippen molar-refractivity contribution in [2.75, 3.05) is 0 Å². The van der Waals surface area contributed by atoms with Crippen LogP contribution in [-0.2, 0) is 0 Å². The van der Waals surface area contributed by atoms with Gasteiger partial charge in [-0.3, -0.25) is 0 Å². The third-order valence-electron chi connectivity index (χ3n) is 2.14. The van der Waals surface area contributed by atoms with Gasteiger partial charge in [0.15, 0.2) is 0 Å². The molecule has 0 N–H and O–H groups in total. The van der Waals surface area contributed by atoms with Gasteiger partial charge >= 0.3 is 0 Å². The van der Waals surface area contributed by atoms with Gasteiger partial charge in [0.2, 0.25) is 0 Å². The van der Waals surface area contributed by atoms with Crippen LogP contribution in [0.2, 0.25) is 0 Å². The fraction of sp³-hybridized carbons (Fsp3) is 0.0714. The van der Waals surface area contributed by atoms with Crippen LogP contribution in [0, 0.1) is 18.8 Å². The molecule has 0 fully saturated rings. The topological polar surface area (TPSA) is 12.9 Å². The molecule has 0 radical (unpaired) electrons. The summed E-state index contributed by atoms with van der Waals surface area (Å²) in [6, 6.07) is 12.0. The van der Waals surface area contributed by atoms with Crippen molar-refractivity contribution >= 4 is 15.9 Å².